The van der Waals surface area contributed by atoms with Crippen LogP contribution in [0.2, 0.25) is 0 Å². The van der Waals surface area contributed by atoms with Gasteiger partial charge in [0.2, 0.25) is 0 Å². The van der Waals surface area contributed by atoms with E-state index < -0.39 is 19.2 Å². The molecule has 4 nitrogen and oxygen atoms in total. The van der Waals surface area contributed by atoms with E-state index in [-0.39, 0.29) is 23.8 Å². The Kier molecular flexibility index (Phi) is 6.93. The minimum absolute atomic E-state index is 0.0340. The van der Waals surface area contributed by atoms with Crippen molar-refractivity contribution in [3.05, 3.63) is 59.7 Å². The van der Waals surface area contributed by atoms with Crippen LogP contribution in [-0.2, 0) is 5.41 Å². The fourth-order valence-corrected chi connectivity index (χ4v) is 3.22. The van der Waals surface area contributed by atoms with E-state index >= 15 is 0 Å². The molecule has 0 saturated carbocycles. The Morgan fingerprint density at radius 3 is 1.87 bits per heavy atom. The van der Waals surface area contributed by atoms with Crippen molar-refractivity contribution >= 4 is 0 Å². The number of aliphatic hydroxyl groups is 1. The lowest BCUT2D eigenvalue weighted by Crippen LogP contribution is -2.30. The first-order valence-electron chi connectivity index (χ1n) is 10.0. The van der Waals surface area contributed by atoms with Gasteiger partial charge in [0.15, 0.2) is 13.3 Å². The number of aliphatic hydroxyl groups excluding tert-OH is 1. The van der Waals surface area contributed by atoms with Crippen molar-refractivity contribution in [1.82, 2.24) is 4.90 Å². The SMILES string of the molecule is CC(C)(c1ccc(OCC(CO)N2CC2)cc1)c1ccc(OCC(F)(F)CF)cc1. The highest BCUT2D eigenvalue weighted by Gasteiger charge is 2.30. The predicted molar refractivity (Wildman–Crippen MR) is 109 cm³/mol. The molecule has 3 rings (SSSR count). The van der Waals surface area contributed by atoms with Crippen molar-refractivity contribution in [1.29, 1.82) is 0 Å². The van der Waals surface area contributed by atoms with Crippen LogP contribution in [-0.4, -0.2) is 61.6 Å². The lowest BCUT2D eigenvalue weighted by atomic mass is 9.78. The first-order chi connectivity index (χ1) is 14.2. The van der Waals surface area contributed by atoms with Crippen LogP contribution in [0.15, 0.2) is 48.5 Å². The summed E-state index contributed by atoms with van der Waals surface area (Å²) in [5, 5.41) is 9.41. The van der Waals surface area contributed by atoms with E-state index in [2.05, 4.69) is 18.7 Å². The number of benzene rings is 2. The Bertz CT molecular complexity index is 805. The smallest absolute Gasteiger partial charge is 0.309 e. The van der Waals surface area contributed by atoms with Crippen molar-refractivity contribution < 1.29 is 27.8 Å². The van der Waals surface area contributed by atoms with E-state index in [0.29, 0.717) is 6.61 Å². The van der Waals surface area contributed by atoms with Crippen LogP contribution in [0, 0.1) is 0 Å². The molecule has 0 aliphatic carbocycles. The zero-order valence-electron chi connectivity index (χ0n) is 17.3. The Labute approximate surface area is 175 Å². The van der Waals surface area contributed by atoms with Gasteiger partial charge in [0.25, 0.3) is 0 Å². The summed E-state index contributed by atoms with van der Waals surface area (Å²) in [4.78, 5) is 2.16. The average Bonchev–Trinajstić information content (AvgIpc) is 3.59. The highest BCUT2D eigenvalue weighted by atomic mass is 19.3. The van der Waals surface area contributed by atoms with E-state index in [9.17, 15) is 18.3 Å². The number of hydrogen-bond donors (Lipinski definition) is 1. The predicted octanol–water partition coefficient (Wildman–Crippen LogP) is 4.05. The van der Waals surface area contributed by atoms with Gasteiger partial charge in [-0.2, -0.15) is 8.78 Å². The molecule has 0 spiro atoms. The Balaban J connectivity index is 1.61. The quantitative estimate of drug-likeness (QED) is 0.554. The fourth-order valence-electron chi connectivity index (χ4n) is 3.22. The summed E-state index contributed by atoms with van der Waals surface area (Å²) in [6.07, 6.45) is 0. The highest BCUT2D eigenvalue weighted by molar-refractivity contribution is 5.41. The van der Waals surface area contributed by atoms with E-state index in [0.717, 1.165) is 30.0 Å². The number of hydrogen-bond acceptors (Lipinski definition) is 4. The van der Waals surface area contributed by atoms with E-state index in [1.165, 1.54) is 0 Å². The molecule has 7 heteroatoms. The van der Waals surface area contributed by atoms with Crippen LogP contribution in [0.5, 0.6) is 11.5 Å². The topological polar surface area (TPSA) is 41.7 Å². The van der Waals surface area contributed by atoms with E-state index in [1.54, 1.807) is 12.1 Å². The molecule has 2 aromatic carbocycles. The Hall–Kier alpha value is -2.25. The van der Waals surface area contributed by atoms with Gasteiger partial charge in [0.1, 0.15) is 18.1 Å². The summed E-state index contributed by atoms with van der Waals surface area (Å²) in [5.41, 5.74) is 1.73. The molecule has 1 unspecified atom stereocenters. The second kappa shape index (κ2) is 9.27. The third kappa shape index (κ3) is 5.67. The Morgan fingerprint density at radius 2 is 1.43 bits per heavy atom. The van der Waals surface area contributed by atoms with E-state index in [4.69, 9.17) is 9.47 Å². The van der Waals surface area contributed by atoms with Crippen molar-refractivity contribution in [2.45, 2.75) is 31.2 Å². The van der Waals surface area contributed by atoms with Gasteiger partial charge in [0, 0.05) is 18.5 Å². The number of alkyl halides is 3. The molecule has 0 amide bonds. The molecule has 0 bridgehead atoms. The van der Waals surface area contributed by atoms with Crippen LogP contribution >= 0.6 is 0 Å². The molecular weight excluding hydrogens is 395 g/mol. The molecule has 1 atom stereocenters. The fraction of sp³-hybridized carbons (Fsp3) is 0.478. The van der Waals surface area contributed by atoms with Crippen LogP contribution in [0.3, 0.4) is 0 Å². The number of ether oxygens (including phenoxy) is 2. The molecule has 2 aromatic rings. The van der Waals surface area contributed by atoms with Gasteiger partial charge in [-0.15, -0.1) is 0 Å². The summed E-state index contributed by atoms with van der Waals surface area (Å²) >= 11 is 0. The molecule has 1 saturated heterocycles. The maximum atomic E-state index is 13.0. The maximum absolute atomic E-state index is 13.0. The first-order valence-corrected chi connectivity index (χ1v) is 10.0. The number of nitrogens with zero attached hydrogens (tertiary/aromatic N) is 1. The molecule has 0 aromatic heterocycles. The Morgan fingerprint density at radius 1 is 0.933 bits per heavy atom. The normalized spacial score (nSPS) is 15.7. The largest absolute Gasteiger partial charge is 0.492 e. The minimum atomic E-state index is -3.48. The standard InChI is InChI=1S/C23H28F3NO3/c1-22(2,18-5-9-21(10-6-18)30-16-23(25,26)15-24)17-3-7-20(8-4-17)29-14-19(13-28)27-11-12-27/h3-10,19,28H,11-16H2,1-2H3. The molecule has 0 radical (unpaired) electrons. The molecule has 1 fully saturated rings. The van der Waals surface area contributed by atoms with Gasteiger partial charge in [-0.1, -0.05) is 38.1 Å². The third-order valence-corrected chi connectivity index (χ3v) is 5.45. The third-order valence-electron chi connectivity index (χ3n) is 5.45. The molecule has 30 heavy (non-hydrogen) atoms. The van der Waals surface area contributed by atoms with Crippen LogP contribution in [0.1, 0.15) is 25.0 Å². The lowest BCUT2D eigenvalue weighted by Gasteiger charge is -2.27. The summed E-state index contributed by atoms with van der Waals surface area (Å²) in [6, 6.07) is 14.7. The summed E-state index contributed by atoms with van der Waals surface area (Å²) in [7, 11) is 0. The molecular formula is C23H28F3NO3. The number of rotatable bonds is 11. The van der Waals surface area contributed by atoms with Crippen molar-refractivity contribution in [2.75, 3.05) is 39.6 Å². The summed E-state index contributed by atoms with van der Waals surface area (Å²) in [6.45, 7) is 3.95. The highest BCUT2D eigenvalue weighted by Crippen LogP contribution is 2.33. The van der Waals surface area contributed by atoms with Crippen LogP contribution in [0.25, 0.3) is 0 Å². The van der Waals surface area contributed by atoms with Gasteiger partial charge in [-0.3, -0.25) is 4.90 Å². The second-order valence-corrected chi connectivity index (χ2v) is 8.14. The molecule has 164 valence electrons. The zero-order chi connectivity index (χ0) is 21.8. The van der Waals surface area contributed by atoms with E-state index in [1.807, 2.05) is 36.4 Å². The molecule has 1 N–H and O–H groups in total. The van der Waals surface area contributed by atoms with Gasteiger partial charge < -0.3 is 14.6 Å². The molecule has 1 heterocycles. The summed E-state index contributed by atoms with van der Waals surface area (Å²) < 4.78 is 49.0. The van der Waals surface area contributed by atoms with Crippen molar-refractivity contribution in [3.63, 3.8) is 0 Å². The summed E-state index contributed by atoms with van der Waals surface area (Å²) in [5.74, 6) is -2.46. The van der Waals surface area contributed by atoms with Gasteiger partial charge in [0.05, 0.1) is 12.6 Å². The van der Waals surface area contributed by atoms with Gasteiger partial charge >= 0.3 is 5.92 Å². The van der Waals surface area contributed by atoms with Gasteiger partial charge in [-0.05, 0) is 35.4 Å². The average molecular weight is 423 g/mol. The minimum Gasteiger partial charge on any atom is -0.492 e. The maximum Gasteiger partial charge on any atom is 0.309 e. The molecule has 1 aliphatic rings. The van der Waals surface area contributed by atoms with Crippen molar-refractivity contribution in [2.24, 2.45) is 0 Å². The van der Waals surface area contributed by atoms with Gasteiger partial charge in [-0.25, -0.2) is 4.39 Å². The van der Waals surface area contributed by atoms with Crippen LogP contribution in [0.4, 0.5) is 13.2 Å². The second-order valence-electron chi connectivity index (χ2n) is 8.14. The first kappa shape index (κ1) is 22.4. The zero-order valence-corrected chi connectivity index (χ0v) is 17.3. The molecule has 1 aliphatic heterocycles. The van der Waals surface area contributed by atoms with Crippen LogP contribution < -0.4 is 9.47 Å². The van der Waals surface area contributed by atoms with Crippen molar-refractivity contribution in [3.8, 4) is 11.5 Å². The monoisotopic (exact) mass is 423 g/mol. The lowest BCUT2D eigenvalue weighted by molar-refractivity contribution is -0.0584. The number of halogens is 3.